The van der Waals surface area contributed by atoms with Crippen molar-refractivity contribution in [1.29, 1.82) is 0 Å². The van der Waals surface area contributed by atoms with E-state index in [-0.39, 0.29) is 16.7 Å². The van der Waals surface area contributed by atoms with E-state index in [0.717, 1.165) is 0 Å². The highest BCUT2D eigenvalue weighted by Crippen LogP contribution is 2.22. The van der Waals surface area contributed by atoms with Crippen molar-refractivity contribution >= 4 is 60.2 Å². The molecular weight excluding hydrogens is 418 g/mol. The number of halogens is 4. The first kappa shape index (κ1) is 11.6. The summed E-state index contributed by atoms with van der Waals surface area (Å²) in [5.41, 5.74) is 0.153. The Kier molecular flexibility index (Phi) is 4.31. The third-order valence-electron chi connectivity index (χ3n) is 1.41. The standard InChI is InChI=1S/C8H4Br2FIO/c9-3-7(13)8-5(11)1-4(10)2-6(8)12/h1-2H,3H2. The minimum atomic E-state index is -0.483. The molecule has 5 heteroatoms. The van der Waals surface area contributed by atoms with Gasteiger partial charge in [0.25, 0.3) is 0 Å². The molecule has 0 fully saturated rings. The molecule has 0 N–H and O–H groups in total. The summed E-state index contributed by atoms with van der Waals surface area (Å²) in [5.74, 6) is -0.724. The second kappa shape index (κ2) is 4.84. The van der Waals surface area contributed by atoms with Crippen LogP contribution in [0.25, 0.3) is 0 Å². The van der Waals surface area contributed by atoms with Crippen LogP contribution in [0.4, 0.5) is 4.39 Å². The van der Waals surface area contributed by atoms with Crippen molar-refractivity contribution < 1.29 is 9.18 Å². The summed E-state index contributed by atoms with van der Waals surface area (Å²) in [6.07, 6.45) is 0. The molecule has 0 unspecified atom stereocenters. The molecule has 1 nitrogen and oxygen atoms in total. The number of carbonyl (C=O) groups excluding carboxylic acids is 1. The molecule has 70 valence electrons. The molecule has 0 spiro atoms. The van der Waals surface area contributed by atoms with Gasteiger partial charge in [0.2, 0.25) is 0 Å². The van der Waals surface area contributed by atoms with Crippen molar-refractivity contribution in [2.45, 2.75) is 0 Å². The third kappa shape index (κ3) is 2.73. The second-order valence-electron chi connectivity index (χ2n) is 2.30. The number of benzene rings is 1. The Bertz CT molecular complexity index is 331. The maximum atomic E-state index is 13.3. The topological polar surface area (TPSA) is 17.1 Å². The Morgan fingerprint density at radius 2 is 2.15 bits per heavy atom. The number of ketones is 1. The van der Waals surface area contributed by atoms with E-state index in [1.165, 1.54) is 6.07 Å². The van der Waals surface area contributed by atoms with E-state index in [0.29, 0.717) is 8.04 Å². The maximum Gasteiger partial charge on any atom is 0.177 e. The Balaban J connectivity index is 3.28. The van der Waals surface area contributed by atoms with Crippen molar-refractivity contribution in [3.8, 4) is 0 Å². The summed E-state index contributed by atoms with van der Waals surface area (Å²) < 4.78 is 14.5. The number of hydrogen-bond donors (Lipinski definition) is 0. The zero-order valence-corrected chi connectivity index (χ0v) is 11.6. The molecule has 0 aromatic heterocycles. The van der Waals surface area contributed by atoms with Gasteiger partial charge in [0.05, 0.1) is 10.9 Å². The molecule has 0 aliphatic heterocycles. The molecule has 1 aromatic rings. The van der Waals surface area contributed by atoms with Crippen molar-refractivity contribution in [1.82, 2.24) is 0 Å². The Hall–Kier alpha value is 0.510. The van der Waals surface area contributed by atoms with Crippen LogP contribution in [-0.2, 0) is 0 Å². The molecule has 0 atom stereocenters. The fourth-order valence-corrected chi connectivity index (χ4v) is 2.91. The van der Waals surface area contributed by atoms with Crippen LogP contribution in [0.2, 0.25) is 0 Å². The fraction of sp³-hybridized carbons (Fsp3) is 0.125. The van der Waals surface area contributed by atoms with Crippen molar-refractivity contribution in [3.63, 3.8) is 0 Å². The van der Waals surface area contributed by atoms with E-state index >= 15 is 0 Å². The van der Waals surface area contributed by atoms with Gasteiger partial charge in [-0.2, -0.15) is 0 Å². The molecule has 1 aromatic carbocycles. The normalized spacial score (nSPS) is 10.2. The van der Waals surface area contributed by atoms with Gasteiger partial charge in [0.1, 0.15) is 5.82 Å². The fourth-order valence-electron chi connectivity index (χ4n) is 0.875. The Morgan fingerprint density at radius 3 is 2.62 bits per heavy atom. The van der Waals surface area contributed by atoms with Crippen LogP contribution in [0.15, 0.2) is 16.6 Å². The van der Waals surface area contributed by atoms with E-state index < -0.39 is 5.82 Å². The molecule has 1 rings (SSSR count). The lowest BCUT2D eigenvalue weighted by Gasteiger charge is -2.03. The van der Waals surface area contributed by atoms with E-state index in [9.17, 15) is 9.18 Å². The van der Waals surface area contributed by atoms with Crippen LogP contribution in [0, 0.1) is 9.39 Å². The first-order valence-corrected chi connectivity index (χ1v) is 6.29. The number of hydrogen-bond acceptors (Lipinski definition) is 1. The number of Topliss-reactive ketones (excluding diaryl/α,β-unsaturated/α-hetero) is 1. The van der Waals surface area contributed by atoms with Gasteiger partial charge in [-0.1, -0.05) is 31.9 Å². The van der Waals surface area contributed by atoms with Crippen molar-refractivity contribution in [2.75, 3.05) is 5.33 Å². The van der Waals surface area contributed by atoms with E-state index in [2.05, 4.69) is 31.9 Å². The summed E-state index contributed by atoms with van der Waals surface area (Å²) in [7, 11) is 0. The van der Waals surface area contributed by atoms with Gasteiger partial charge < -0.3 is 0 Å². The molecule has 13 heavy (non-hydrogen) atoms. The van der Waals surface area contributed by atoms with Gasteiger partial charge in [-0.25, -0.2) is 4.39 Å². The summed E-state index contributed by atoms with van der Waals surface area (Å²) in [5, 5.41) is 0.140. The van der Waals surface area contributed by atoms with Gasteiger partial charge >= 0.3 is 0 Å². The average Bonchev–Trinajstić information content (AvgIpc) is 2.02. The van der Waals surface area contributed by atoms with Gasteiger partial charge in [0, 0.05) is 8.04 Å². The van der Waals surface area contributed by atoms with Gasteiger partial charge in [-0.15, -0.1) is 0 Å². The number of alkyl halides is 1. The molecule has 0 aliphatic rings. The SMILES string of the molecule is O=C(CBr)c1c(F)cc(Br)cc1I. The second-order valence-corrected chi connectivity index (χ2v) is 4.94. The van der Waals surface area contributed by atoms with Crippen molar-refractivity contribution in [3.05, 3.63) is 31.6 Å². The lowest BCUT2D eigenvalue weighted by atomic mass is 10.1. The summed E-state index contributed by atoms with van der Waals surface area (Å²) in [6, 6.07) is 3.00. The van der Waals surface area contributed by atoms with Gasteiger partial charge in [0.15, 0.2) is 5.78 Å². The molecular formula is C8H4Br2FIO. The molecule has 0 bridgehead atoms. The highest BCUT2D eigenvalue weighted by molar-refractivity contribution is 14.1. The molecule has 0 saturated carbocycles. The monoisotopic (exact) mass is 420 g/mol. The lowest BCUT2D eigenvalue weighted by Crippen LogP contribution is -2.06. The average molecular weight is 422 g/mol. The van der Waals surface area contributed by atoms with E-state index in [4.69, 9.17) is 0 Å². The largest absolute Gasteiger partial charge is 0.293 e. The van der Waals surface area contributed by atoms with Crippen LogP contribution in [-0.4, -0.2) is 11.1 Å². The summed E-state index contributed by atoms with van der Waals surface area (Å²) >= 11 is 8.10. The zero-order valence-electron chi connectivity index (χ0n) is 6.28. The van der Waals surface area contributed by atoms with Crippen LogP contribution >= 0.6 is 54.5 Å². The smallest absolute Gasteiger partial charge is 0.177 e. The predicted octanol–water partition coefficient (Wildman–Crippen LogP) is 3.77. The number of rotatable bonds is 2. The number of carbonyl (C=O) groups is 1. The predicted molar refractivity (Wildman–Crippen MR) is 64.9 cm³/mol. The lowest BCUT2D eigenvalue weighted by molar-refractivity contribution is 0.101. The minimum Gasteiger partial charge on any atom is -0.293 e. The Morgan fingerprint density at radius 1 is 1.54 bits per heavy atom. The maximum absolute atomic E-state index is 13.3. The van der Waals surface area contributed by atoms with Crippen LogP contribution in [0.3, 0.4) is 0 Å². The third-order valence-corrected chi connectivity index (χ3v) is 3.22. The van der Waals surface area contributed by atoms with Crippen molar-refractivity contribution in [2.24, 2.45) is 0 Å². The van der Waals surface area contributed by atoms with E-state index in [1.807, 2.05) is 22.6 Å². The summed E-state index contributed by atoms with van der Waals surface area (Å²) in [4.78, 5) is 11.3. The van der Waals surface area contributed by atoms with E-state index in [1.54, 1.807) is 6.07 Å². The molecule has 0 saturated heterocycles. The minimum absolute atomic E-state index is 0.140. The first-order chi connectivity index (χ1) is 6.06. The van der Waals surface area contributed by atoms with Crippen LogP contribution in [0.5, 0.6) is 0 Å². The summed E-state index contributed by atoms with van der Waals surface area (Å²) in [6.45, 7) is 0. The van der Waals surface area contributed by atoms with Gasteiger partial charge in [-0.05, 0) is 34.7 Å². The van der Waals surface area contributed by atoms with Crippen LogP contribution < -0.4 is 0 Å². The highest BCUT2D eigenvalue weighted by Gasteiger charge is 2.14. The van der Waals surface area contributed by atoms with Crippen LogP contribution in [0.1, 0.15) is 10.4 Å². The first-order valence-electron chi connectivity index (χ1n) is 3.30. The quantitative estimate of drug-likeness (QED) is 0.403. The van der Waals surface area contributed by atoms with Gasteiger partial charge in [-0.3, -0.25) is 4.79 Å². The molecule has 0 heterocycles. The zero-order chi connectivity index (χ0) is 10.0. The Labute approximate surface area is 105 Å². The molecule has 0 radical (unpaired) electrons. The molecule has 0 amide bonds. The highest BCUT2D eigenvalue weighted by atomic mass is 127. The molecule has 0 aliphatic carbocycles.